The Morgan fingerprint density at radius 2 is 2.21 bits per heavy atom. The number of nitrogens with zero attached hydrogens (tertiary/aromatic N) is 2. The maximum atomic E-state index is 13.3. The molecule has 0 spiro atoms. The summed E-state index contributed by atoms with van der Waals surface area (Å²) in [4.78, 5) is 19.3. The maximum Gasteiger partial charge on any atom is 0.251 e. The zero-order valence-electron chi connectivity index (χ0n) is 13.6. The number of hydrogen-bond acceptors (Lipinski definition) is 3. The molecule has 2 atom stereocenters. The molecule has 0 radical (unpaired) electrons. The van der Waals surface area contributed by atoms with Crippen LogP contribution in [0.3, 0.4) is 0 Å². The molecule has 2 heterocycles. The van der Waals surface area contributed by atoms with Gasteiger partial charge >= 0.3 is 0 Å². The van der Waals surface area contributed by atoms with Crippen molar-refractivity contribution in [2.75, 3.05) is 13.1 Å². The van der Waals surface area contributed by atoms with Crippen LogP contribution in [-0.4, -0.2) is 34.4 Å². The van der Waals surface area contributed by atoms with E-state index in [0.29, 0.717) is 11.5 Å². The lowest BCUT2D eigenvalue weighted by Crippen LogP contribution is -2.42. The Kier molecular flexibility index (Phi) is 3.61. The third kappa shape index (κ3) is 2.91. The summed E-state index contributed by atoms with van der Waals surface area (Å²) >= 11 is 0. The number of carbonyl (C=O) groups excluding carboxylic acids is 1. The first kappa shape index (κ1) is 15.3. The Bertz CT molecular complexity index is 794. The van der Waals surface area contributed by atoms with Crippen LogP contribution in [0.25, 0.3) is 0 Å². The van der Waals surface area contributed by atoms with E-state index in [0.717, 1.165) is 37.4 Å². The average molecular weight is 325 g/mol. The van der Waals surface area contributed by atoms with E-state index in [9.17, 15) is 9.18 Å². The first-order chi connectivity index (χ1) is 11.5. The third-order valence-corrected chi connectivity index (χ3v) is 5.00. The van der Waals surface area contributed by atoms with Crippen LogP contribution in [0.4, 0.5) is 4.39 Å². The number of halogens is 1. The Hall–Kier alpha value is -2.27. The van der Waals surface area contributed by atoms with Crippen molar-refractivity contribution in [3.63, 3.8) is 0 Å². The molecular weight excluding hydrogens is 305 g/mol. The number of benzene rings is 1. The van der Waals surface area contributed by atoms with E-state index in [-0.39, 0.29) is 17.3 Å². The van der Waals surface area contributed by atoms with Gasteiger partial charge < -0.3 is 5.32 Å². The number of nitrogens with one attached hydrogen (secondary N) is 1. The second kappa shape index (κ2) is 5.67. The van der Waals surface area contributed by atoms with Crippen LogP contribution in [0.2, 0.25) is 0 Å². The lowest BCUT2D eigenvalue weighted by molar-refractivity contribution is 0.0926. The normalized spacial score (nSPS) is 25.3. The molecule has 4 rings (SSSR count). The van der Waals surface area contributed by atoms with Crippen molar-refractivity contribution in [3.8, 4) is 0 Å². The Morgan fingerprint density at radius 1 is 1.38 bits per heavy atom. The highest BCUT2D eigenvalue weighted by Gasteiger charge is 2.60. The molecule has 0 unspecified atom stereocenters. The molecule has 1 amide bonds. The summed E-state index contributed by atoms with van der Waals surface area (Å²) in [5.74, 6) is -0.0848. The number of aromatic nitrogens is 1. The van der Waals surface area contributed by atoms with Gasteiger partial charge in [0.15, 0.2) is 0 Å². The van der Waals surface area contributed by atoms with Gasteiger partial charge in [0.25, 0.3) is 5.91 Å². The Labute approximate surface area is 140 Å². The zero-order chi connectivity index (χ0) is 16.7. The zero-order valence-corrected chi connectivity index (χ0v) is 13.6. The van der Waals surface area contributed by atoms with Gasteiger partial charge in [0.1, 0.15) is 5.82 Å². The van der Waals surface area contributed by atoms with Gasteiger partial charge in [-0.1, -0.05) is 12.1 Å². The summed E-state index contributed by atoms with van der Waals surface area (Å²) in [6, 6.07) is 11.9. The molecule has 2 aromatic rings. The highest BCUT2D eigenvalue weighted by Crippen LogP contribution is 2.49. The second-order valence-electron chi connectivity index (χ2n) is 6.96. The summed E-state index contributed by atoms with van der Waals surface area (Å²) in [5, 5.41) is 3.13. The van der Waals surface area contributed by atoms with Crippen LogP contribution < -0.4 is 5.32 Å². The fourth-order valence-corrected chi connectivity index (χ4v) is 3.75. The Balaban J connectivity index is 1.40. The Morgan fingerprint density at radius 3 is 3.00 bits per heavy atom. The molecule has 1 aromatic heterocycles. The van der Waals surface area contributed by atoms with Crippen LogP contribution in [0, 0.1) is 18.7 Å². The molecule has 1 saturated heterocycles. The van der Waals surface area contributed by atoms with Gasteiger partial charge in [-0.3, -0.25) is 14.7 Å². The van der Waals surface area contributed by atoms with Gasteiger partial charge in [-0.15, -0.1) is 0 Å². The quantitative estimate of drug-likeness (QED) is 0.939. The van der Waals surface area contributed by atoms with E-state index in [2.05, 4.69) is 15.2 Å². The maximum absolute atomic E-state index is 13.3. The van der Waals surface area contributed by atoms with Crippen molar-refractivity contribution in [2.45, 2.75) is 25.4 Å². The predicted octanol–water partition coefficient (Wildman–Crippen LogP) is 2.53. The fraction of sp³-hybridized carbons (Fsp3) is 0.368. The van der Waals surface area contributed by atoms with E-state index in [1.165, 1.54) is 12.1 Å². The lowest BCUT2D eigenvalue weighted by atomic mass is 10.1. The minimum Gasteiger partial charge on any atom is -0.345 e. The number of fused-ring (bicyclic) bond motifs is 1. The van der Waals surface area contributed by atoms with Gasteiger partial charge in [-0.2, -0.15) is 0 Å². The van der Waals surface area contributed by atoms with E-state index in [4.69, 9.17) is 0 Å². The van der Waals surface area contributed by atoms with Crippen LogP contribution in [-0.2, 0) is 6.54 Å². The summed E-state index contributed by atoms with van der Waals surface area (Å²) in [6.45, 7) is 4.59. The summed E-state index contributed by atoms with van der Waals surface area (Å²) in [7, 11) is 0. The summed E-state index contributed by atoms with van der Waals surface area (Å²) in [5.41, 5.74) is 2.32. The number of amides is 1. The number of carbonyl (C=O) groups is 1. The van der Waals surface area contributed by atoms with Crippen molar-refractivity contribution < 1.29 is 9.18 Å². The smallest absolute Gasteiger partial charge is 0.251 e. The molecule has 1 saturated carbocycles. The summed E-state index contributed by atoms with van der Waals surface area (Å²) in [6.07, 6.45) is 1.01. The summed E-state index contributed by atoms with van der Waals surface area (Å²) < 4.78 is 13.3. The number of piperidine rings is 1. The van der Waals surface area contributed by atoms with Gasteiger partial charge in [0, 0.05) is 30.9 Å². The van der Waals surface area contributed by atoms with Crippen molar-refractivity contribution in [1.29, 1.82) is 0 Å². The number of aryl methyl sites for hydroxylation is 1. The topological polar surface area (TPSA) is 45.2 Å². The van der Waals surface area contributed by atoms with Crippen molar-refractivity contribution in [2.24, 2.45) is 5.92 Å². The van der Waals surface area contributed by atoms with Crippen molar-refractivity contribution >= 4 is 5.91 Å². The molecule has 1 aromatic carbocycles. The van der Waals surface area contributed by atoms with Crippen LogP contribution in [0.5, 0.6) is 0 Å². The van der Waals surface area contributed by atoms with Gasteiger partial charge in [-0.25, -0.2) is 4.39 Å². The molecule has 124 valence electrons. The fourth-order valence-electron chi connectivity index (χ4n) is 3.75. The SMILES string of the molecule is Cc1cccc(CN2C[C@@H]3C[C@]3(NC(=O)c3cccc(F)c3)C2)n1. The molecule has 1 N–H and O–H groups in total. The molecule has 1 aliphatic carbocycles. The lowest BCUT2D eigenvalue weighted by Gasteiger charge is -2.21. The monoisotopic (exact) mass is 325 g/mol. The molecule has 5 heteroatoms. The molecule has 0 bridgehead atoms. The van der Waals surface area contributed by atoms with Gasteiger partial charge in [0.2, 0.25) is 0 Å². The van der Waals surface area contributed by atoms with E-state index < -0.39 is 0 Å². The molecule has 1 aliphatic heterocycles. The molecule has 2 aliphatic rings. The third-order valence-electron chi connectivity index (χ3n) is 5.00. The number of pyridine rings is 1. The minimum atomic E-state index is -0.383. The van der Waals surface area contributed by atoms with Gasteiger partial charge in [0.05, 0.1) is 11.2 Å². The predicted molar refractivity (Wildman–Crippen MR) is 89.0 cm³/mol. The molecule has 4 nitrogen and oxygen atoms in total. The van der Waals surface area contributed by atoms with Gasteiger partial charge in [-0.05, 0) is 49.6 Å². The van der Waals surface area contributed by atoms with E-state index in [1.807, 2.05) is 25.1 Å². The first-order valence-corrected chi connectivity index (χ1v) is 8.27. The number of likely N-dealkylation sites (tertiary alicyclic amines) is 1. The van der Waals surface area contributed by atoms with Crippen LogP contribution in [0.1, 0.15) is 28.2 Å². The number of rotatable bonds is 4. The van der Waals surface area contributed by atoms with Crippen LogP contribution in [0.15, 0.2) is 42.5 Å². The highest BCUT2D eigenvalue weighted by atomic mass is 19.1. The molecule has 2 fully saturated rings. The van der Waals surface area contributed by atoms with E-state index in [1.54, 1.807) is 12.1 Å². The standard InChI is InChI=1S/C19H20FN3O/c1-13-4-2-7-17(21-13)11-23-10-15-9-19(15,12-23)22-18(24)14-5-3-6-16(20)8-14/h2-8,15H,9-12H2,1H3,(H,22,24)/t15-,19-/m0/s1. The number of hydrogen-bond donors (Lipinski definition) is 1. The average Bonchev–Trinajstić information content (AvgIpc) is 3.07. The first-order valence-electron chi connectivity index (χ1n) is 8.27. The largest absolute Gasteiger partial charge is 0.345 e. The molecular formula is C19H20FN3O. The highest BCUT2D eigenvalue weighted by molar-refractivity contribution is 5.95. The van der Waals surface area contributed by atoms with Crippen molar-refractivity contribution in [3.05, 3.63) is 65.2 Å². The minimum absolute atomic E-state index is 0.146. The van der Waals surface area contributed by atoms with Crippen molar-refractivity contribution in [1.82, 2.24) is 15.2 Å². The van der Waals surface area contributed by atoms with E-state index >= 15 is 0 Å². The second-order valence-corrected chi connectivity index (χ2v) is 6.96. The van der Waals surface area contributed by atoms with Crippen LogP contribution >= 0.6 is 0 Å². The molecule has 24 heavy (non-hydrogen) atoms.